The highest BCUT2D eigenvalue weighted by Crippen LogP contribution is 2.10. The number of halogens is 2. The molecule has 0 aromatic heterocycles. The summed E-state index contributed by atoms with van der Waals surface area (Å²) in [5, 5.41) is 0.898. The molecule has 0 bridgehead atoms. The summed E-state index contributed by atoms with van der Waals surface area (Å²) in [5.74, 6) is 0.568. The second-order valence-corrected chi connectivity index (χ2v) is 3.30. The van der Waals surface area contributed by atoms with Crippen LogP contribution in [0, 0.1) is 0 Å². The Kier molecular flexibility index (Phi) is 4.41. The third-order valence-corrected chi connectivity index (χ3v) is 2.33. The van der Waals surface area contributed by atoms with Crippen molar-refractivity contribution in [3.05, 3.63) is 41.5 Å². The number of alkyl halides is 2. The molecule has 0 aliphatic rings. The predicted molar refractivity (Wildman–Crippen MR) is 58.8 cm³/mol. The van der Waals surface area contributed by atoms with Crippen LogP contribution in [-0.2, 0) is 5.33 Å². The number of hydrogen-bond donors (Lipinski definition) is 0. The number of hydrogen-bond acceptors (Lipinski definition) is 0. The van der Waals surface area contributed by atoms with Gasteiger partial charge in [0.15, 0.2) is 0 Å². The van der Waals surface area contributed by atoms with Gasteiger partial charge < -0.3 is 0 Å². The molecule has 12 heavy (non-hydrogen) atoms. The number of allylic oxidation sites excluding steroid dienone is 1. The molecule has 0 amide bonds. The lowest BCUT2D eigenvalue weighted by molar-refractivity contribution is 1.43. The summed E-state index contributed by atoms with van der Waals surface area (Å²) in [5.41, 5.74) is 2.49. The smallest absolute Gasteiger partial charge is 0.0407 e. The van der Waals surface area contributed by atoms with E-state index in [1.165, 1.54) is 11.1 Å². The van der Waals surface area contributed by atoms with Crippen LogP contribution in [0.4, 0.5) is 0 Å². The standard InChI is InChI=1S/C10H10BrCl/c11-8-10-4-1-3-9(7-10)5-2-6-12/h1-5,7H,6,8H2. The molecule has 0 heterocycles. The van der Waals surface area contributed by atoms with E-state index in [1.54, 1.807) is 0 Å². The molecular formula is C10H10BrCl. The maximum Gasteiger partial charge on any atom is 0.0407 e. The largest absolute Gasteiger partial charge is 0.122 e. The lowest BCUT2D eigenvalue weighted by atomic mass is 10.1. The van der Waals surface area contributed by atoms with Gasteiger partial charge in [0.05, 0.1) is 0 Å². The van der Waals surface area contributed by atoms with Gasteiger partial charge in [-0.3, -0.25) is 0 Å². The van der Waals surface area contributed by atoms with Crippen LogP contribution in [0.2, 0.25) is 0 Å². The number of benzene rings is 1. The summed E-state index contributed by atoms with van der Waals surface area (Å²) >= 11 is 8.94. The molecule has 0 atom stereocenters. The summed E-state index contributed by atoms with van der Waals surface area (Å²) in [7, 11) is 0. The van der Waals surface area contributed by atoms with Crippen LogP contribution < -0.4 is 0 Å². The van der Waals surface area contributed by atoms with Gasteiger partial charge in [-0.1, -0.05) is 52.3 Å². The van der Waals surface area contributed by atoms with E-state index >= 15 is 0 Å². The minimum absolute atomic E-state index is 0.568. The van der Waals surface area contributed by atoms with Crippen molar-refractivity contribution in [2.24, 2.45) is 0 Å². The van der Waals surface area contributed by atoms with Crippen LogP contribution in [0.15, 0.2) is 30.3 Å². The zero-order valence-electron chi connectivity index (χ0n) is 6.63. The average Bonchev–Trinajstić information content (AvgIpc) is 2.15. The Bertz CT molecular complexity index is 268. The van der Waals surface area contributed by atoms with E-state index in [1.807, 2.05) is 18.2 Å². The lowest BCUT2D eigenvalue weighted by Crippen LogP contribution is -1.78. The van der Waals surface area contributed by atoms with E-state index in [9.17, 15) is 0 Å². The van der Waals surface area contributed by atoms with Gasteiger partial charge >= 0.3 is 0 Å². The summed E-state index contributed by atoms with van der Waals surface area (Å²) in [4.78, 5) is 0. The molecule has 0 N–H and O–H groups in total. The Morgan fingerprint density at radius 3 is 2.92 bits per heavy atom. The highest BCUT2D eigenvalue weighted by molar-refractivity contribution is 9.08. The Morgan fingerprint density at radius 2 is 2.25 bits per heavy atom. The molecule has 0 nitrogen and oxygen atoms in total. The minimum atomic E-state index is 0.568. The molecule has 0 saturated heterocycles. The Balaban J connectivity index is 2.79. The van der Waals surface area contributed by atoms with Crippen molar-refractivity contribution in [3.63, 3.8) is 0 Å². The van der Waals surface area contributed by atoms with Crippen LogP contribution in [0.25, 0.3) is 6.08 Å². The maximum atomic E-state index is 5.53. The van der Waals surface area contributed by atoms with Gasteiger partial charge in [-0.25, -0.2) is 0 Å². The van der Waals surface area contributed by atoms with E-state index in [4.69, 9.17) is 11.6 Å². The molecule has 0 unspecified atom stereocenters. The van der Waals surface area contributed by atoms with Gasteiger partial charge in [0.1, 0.15) is 0 Å². The van der Waals surface area contributed by atoms with E-state index in [0.29, 0.717) is 5.88 Å². The van der Waals surface area contributed by atoms with Gasteiger partial charge in [-0.05, 0) is 11.1 Å². The molecule has 1 rings (SSSR count). The molecule has 0 aliphatic heterocycles. The molecule has 1 aromatic carbocycles. The van der Waals surface area contributed by atoms with E-state index in [0.717, 1.165) is 5.33 Å². The molecule has 1 aromatic rings. The molecular weight excluding hydrogens is 235 g/mol. The zero-order chi connectivity index (χ0) is 8.81. The Hall–Kier alpha value is -0.270. The van der Waals surface area contributed by atoms with Gasteiger partial charge in [0, 0.05) is 11.2 Å². The van der Waals surface area contributed by atoms with Crippen molar-refractivity contribution in [1.29, 1.82) is 0 Å². The van der Waals surface area contributed by atoms with E-state index < -0.39 is 0 Å². The molecule has 0 radical (unpaired) electrons. The summed E-state index contributed by atoms with van der Waals surface area (Å²) in [6, 6.07) is 8.34. The highest BCUT2D eigenvalue weighted by Gasteiger charge is 1.89. The van der Waals surface area contributed by atoms with Crippen molar-refractivity contribution >= 4 is 33.6 Å². The van der Waals surface area contributed by atoms with Gasteiger partial charge in [-0.15, -0.1) is 11.6 Å². The fraction of sp³-hybridized carbons (Fsp3) is 0.200. The quantitative estimate of drug-likeness (QED) is 0.710. The van der Waals surface area contributed by atoms with Crippen molar-refractivity contribution in [2.75, 3.05) is 5.88 Å². The fourth-order valence-corrected chi connectivity index (χ4v) is 1.40. The molecule has 0 aliphatic carbocycles. The summed E-state index contributed by atoms with van der Waals surface area (Å²) in [6.07, 6.45) is 3.97. The zero-order valence-corrected chi connectivity index (χ0v) is 8.98. The molecule has 0 fully saturated rings. The maximum absolute atomic E-state index is 5.53. The summed E-state index contributed by atoms with van der Waals surface area (Å²) < 4.78 is 0. The van der Waals surface area contributed by atoms with Crippen molar-refractivity contribution in [1.82, 2.24) is 0 Å². The average molecular weight is 246 g/mol. The first kappa shape index (κ1) is 9.82. The molecule has 0 saturated carbocycles. The fourth-order valence-electron chi connectivity index (χ4n) is 0.961. The molecule has 0 spiro atoms. The van der Waals surface area contributed by atoms with E-state index in [2.05, 4.69) is 34.1 Å². The van der Waals surface area contributed by atoms with Crippen LogP contribution in [0.5, 0.6) is 0 Å². The van der Waals surface area contributed by atoms with Crippen LogP contribution in [0.1, 0.15) is 11.1 Å². The van der Waals surface area contributed by atoms with Crippen molar-refractivity contribution < 1.29 is 0 Å². The Labute approximate surface area is 86.4 Å². The van der Waals surface area contributed by atoms with Gasteiger partial charge in [0.2, 0.25) is 0 Å². The number of rotatable bonds is 3. The van der Waals surface area contributed by atoms with Crippen LogP contribution in [-0.4, -0.2) is 5.88 Å². The molecule has 2 heteroatoms. The third kappa shape index (κ3) is 3.00. The van der Waals surface area contributed by atoms with Gasteiger partial charge in [-0.2, -0.15) is 0 Å². The second-order valence-electron chi connectivity index (χ2n) is 2.44. The SMILES string of the molecule is ClCC=Cc1cccc(CBr)c1. The van der Waals surface area contributed by atoms with Crippen molar-refractivity contribution in [3.8, 4) is 0 Å². The van der Waals surface area contributed by atoms with Crippen molar-refractivity contribution in [2.45, 2.75) is 5.33 Å². The Morgan fingerprint density at radius 1 is 1.42 bits per heavy atom. The topological polar surface area (TPSA) is 0 Å². The second kappa shape index (κ2) is 5.39. The van der Waals surface area contributed by atoms with Crippen LogP contribution in [0.3, 0.4) is 0 Å². The molecule has 64 valence electrons. The van der Waals surface area contributed by atoms with Gasteiger partial charge in [0.25, 0.3) is 0 Å². The first-order chi connectivity index (χ1) is 5.86. The first-order valence-corrected chi connectivity index (χ1v) is 5.40. The lowest BCUT2D eigenvalue weighted by Gasteiger charge is -1.96. The van der Waals surface area contributed by atoms with E-state index in [-0.39, 0.29) is 0 Å². The normalized spacial score (nSPS) is 10.8. The third-order valence-electron chi connectivity index (χ3n) is 1.50. The summed E-state index contributed by atoms with van der Waals surface area (Å²) in [6.45, 7) is 0. The highest BCUT2D eigenvalue weighted by atomic mass is 79.9. The first-order valence-electron chi connectivity index (χ1n) is 3.74. The monoisotopic (exact) mass is 244 g/mol. The predicted octanol–water partition coefficient (Wildman–Crippen LogP) is 3.83. The minimum Gasteiger partial charge on any atom is -0.122 e. The van der Waals surface area contributed by atoms with Crippen LogP contribution >= 0.6 is 27.5 Å².